The summed E-state index contributed by atoms with van der Waals surface area (Å²) in [5.74, 6) is 1.09. The number of amides is 1. The van der Waals surface area contributed by atoms with Crippen LogP contribution < -0.4 is 5.32 Å². The molecule has 1 saturated heterocycles. The van der Waals surface area contributed by atoms with Gasteiger partial charge in [-0.3, -0.25) is 9.20 Å². The van der Waals surface area contributed by atoms with Crippen molar-refractivity contribution in [3.63, 3.8) is 0 Å². The van der Waals surface area contributed by atoms with E-state index >= 15 is 0 Å². The fraction of sp³-hybridized carbons (Fsp3) is 0.500. The maximum absolute atomic E-state index is 12.8. The highest BCUT2D eigenvalue weighted by atomic mass is 19.4. The van der Waals surface area contributed by atoms with E-state index in [1.54, 1.807) is 6.07 Å². The number of alkyl halides is 3. The van der Waals surface area contributed by atoms with E-state index in [0.717, 1.165) is 69.8 Å². The van der Waals surface area contributed by atoms with Crippen molar-refractivity contribution in [1.29, 1.82) is 0 Å². The number of halogens is 3. The number of likely N-dealkylation sites (tertiary alicyclic amines) is 1. The first-order valence-corrected chi connectivity index (χ1v) is 11.2. The first-order chi connectivity index (χ1) is 15.9. The number of nitrogens with one attached hydrogen (secondary N) is 1. The Kier molecular flexibility index (Phi) is 5.63. The second-order valence-corrected chi connectivity index (χ2v) is 8.70. The molecule has 0 aromatic carbocycles. The van der Waals surface area contributed by atoms with Crippen molar-refractivity contribution < 1.29 is 18.0 Å². The number of carbonyl (C=O) groups excluding carboxylic acids is 1. The average Bonchev–Trinajstić information content (AvgIpc) is 3.48. The van der Waals surface area contributed by atoms with E-state index in [9.17, 15) is 18.0 Å². The smallest absolute Gasteiger partial charge is 0.351 e. The van der Waals surface area contributed by atoms with E-state index in [1.807, 2.05) is 21.6 Å². The lowest BCUT2D eigenvalue weighted by Crippen LogP contribution is -2.29. The third kappa shape index (κ3) is 4.49. The molecule has 1 saturated carbocycles. The fourth-order valence-corrected chi connectivity index (χ4v) is 4.70. The molecule has 174 valence electrons. The molecule has 1 N–H and O–H groups in total. The minimum atomic E-state index is -4.46. The summed E-state index contributed by atoms with van der Waals surface area (Å²) in [5.41, 5.74) is 0.432. The van der Waals surface area contributed by atoms with Crippen LogP contribution in [0, 0.1) is 0 Å². The monoisotopic (exact) mass is 459 g/mol. The quantitative estimate of drug-likeness (QED) is 0.637. The van der Waals surface area contributed by atoms with Gasteiger partial charge in [-0.2, -0.15) is 13.2 Å². The highest BCUT2D eigenvalue weighted by Gasteiger charge is 2.32. The summed E-state index contributed by atoms with van der Waals surface area (Å²) < 4.78 is 40.1. The van der Waals surface area contributed by atoms with Gasteiger partial charge in [0, 0.05) is 43.6 Å². The van der Waals surface area contributed by atoms with Gasteiger partial charge in [0.05, 0.1) is 11.1 Å². The molecule has 4 heterocycles. The van der Waals surface area contributed by atoms with Crippen molar-refractivity contribution in [2.24, 2.45) is 0 Å². The van der Waals surface area contributed by atoms with Gasteiger partial charge in [0.15, 0.2) is 5.65 Å². The molecule has 1 aliphatic heterocycles. The number of pyridine rings is 1. The number of aromatic nitrogens is 5. The molecule has 0 unspecified atom stereocenters. The largest absolute Gasteiger partial charge is 0.419 e. The van der Waals surface area contributed by atoms with Gasteiger partial charge < -0.3 is 10.2 Å². The van der Waals surface area contributed by atoms with E-state index in [0.29, 0.717) is 11.2 Å². The molecule has 8 nitrogen and oxygen atoms in total. The summed E-state index contributed by atoms with van der Waals surface area (Å²) in [5, 5.41) is 11.8. The summed E-state index contributed by atoms with van der Waals surface area (Å²) in [4.78, 5) is 22.3. The van der Waals surface area contributed by atoms with Gasteiger partial charge in [0.25, 0.3) is 5.91 Å². The minimum absolute atomic E-state index is 0.00208. The molecule has 11 heteroatoms. The Morgan fingerprint density at radius 1 is 1.03 bits per heavy atom. The Morgan fingerprint density at radius 3 is 2.52 bits per heavy atom. The van der Waals surface area contributed by atoms with E-state index < -0.39 is 11.7 Å². The molecule has 2 atom stereocenters. The Bertz CT molecular complexity index is 1140. The molecule has 1 aliphatic carbocycles. The number of hydrogen-bond acceptors (Lipinski definition) is 6. The molecule has 1 amide bonds. The van der Waals surface area contributed by atoms with Crippen molar-refractivity contribution in [1.82, 2.24) is 29.5 Å². The highest BCUT2D eigenvalue weighted by molar-refractivity contribution is 5.94. The average molecular weight is 459 g/mol. The van der Waals surface area contributed by atoms with Gasteiger partial charge in [-0.05, 0) is 44.2 Å². The summed E-state index contributed by atoms with van der Waals surface area (Å²) in [6.07, 6.45) is 4.42. The zero-order valence-electron chi connectivity index (χ0n) is 17.9. The van der Waals surface area contributed by atoms with Crippen LogP contribution in [0.5, 0.6) is 0 Å². The molecule has 3 aromatic heterocycles. The Balaban J connectivity index is 1.32. The van der Waals surface area contributed by atoms with Gasteiger partial charge in [-0.1, -0.05) is 6.42 Å². The molecular weight excluding hydrogens is 435 g/mol. The summed E-state index contributed by atoms with van der Waals surface area (Å²) in [7, 11) is 0. The second-order valence-electron chi connectivity index (χ2n) is 8.70. The molecule has 0 radical (unpaired) electrons. The first-order valence-electron chi connectivity index (χ1n) is 11.2. The molecule has 2 aliphatic rings. The van der Waals surface area contributed by atoms with Gasteiger partial charge >= 0.3 is 6.18 Å². The predicted octanol–water partition coefficient (Wildman–Crippen LogP) is 3.91. The summed E-state index contributed by atoms with van der Waals surface area (Å²) in [6.45, 7) is 1.57. The molecule has 2 fully saturated rings. The van der Waals surface area contributed by atoms with Crippen LogP contribution in [0.2, 0.25) is 0 Å². The van der Waals surface area contributed by atoms with Crippen LogP contribution in [0.25, 0.3) is 5.65 Å². The maximum Gasteiger partial charge on any atom is 0.419 e. The van der Waals surface area contributed by atoms with E-state index in [4.69, 9.17) is 0 Å². The van der Waals surface area contributed by atoms with Crippen LogP contribution in [-0.2, 0) is 6.18 Å². The molecule has 0 bridgehead atoms. The minimum Gasteiger partial charge on any atom is -0.351 e. The number of rotatable bonds is 4. The summed E-state index contributed by atoms with van der Waals surface area (Å²) >= 11 is 0. The lowest BCUT2D eigenvalue weighted by molar-refractivity contribution is -0.138. The van der Waals surface area contributed by atoms with Crippen LogP contribution in [0.1, 0.15) is 66.2 Å². The van der Waals surface area contributed by atoms with Gasteiger partial charge in [0.1, 0.15) is 5.82 Å². The van der Waals surface area contributed by atoms with E-state index in [-0.39, 0.29) is 23.8 Å². The van der Waals surface area contributed by atoms with Crippen LogP contribution in [-0.4, -0.2) is 54.5 Å². The van der Waals surface area contributed by atoms with Gasteiger partial charge in [-0.15, -0.1) is 10.2 Å². The van der Waals surface area contributed by atoms with E-state index in [1.165, 1.54) is 0 Å². The zero-order chi connectivity index (χ0) is 23.0. The van der Waals surface area contributed by atoms with Crippen molar-refractivity contribution in [3.8, 4) is 0 Å². The standard InChI is InChI=1S/C22H24F3N7O/c23-22(24,25)16-11-26-21(27-12-16)28-17-5-3-4-14(10-17)19-30-29-18-7-6-15(13-32(18)19)20(33)31-8-1-2-9-31/h6-7,11-14,17H,1-5,8-10H2,(H,26,27,28)/t14-,17+/m0/s1. The van der Waals surface area contributed by atoms with Crippen molar-refractivity contribution in [3.05, 3.63) is 47.7 Å². The maximum atomic E-state index is 12.8. The van der Waals surface area contributed by atoms with Gasteiger partial charge in [0.2, 0.25) is 5.95 Å². The van der Waals surface area contributed by atoms with Crippen LogP contribution in [0.4, 0.5) is 19.1 Å². The van der Waals surface area contributed by atoms with Crippen LogP contribution >= 0.6 is 0 Å². The Labute approximate surface area is 188 Å². The second kappa shape index (κ2) is 8.60. The Morgan fingerprint density at radius 2 is 1.79 bits per heavy atom. The van der Waals surface area contributed by atoms with Crippen LogP contribution in [0.3, 0.4) is 0 Å². The number of carbonyl (C=O) groups is 1. The number of anilines is 1. The van der Waals surface area contributed by atoms with E-state index in [2.05, 4.69) is 25.5 Å². The van der Waals surface area contributed by atoms with Crippen molar-refractivity contribution in [2.45, 2.75) is 56.7 Å². The molecule has 5 rings (SSSR count). The molecular formula is C22H24F3N7O. The third-order valence-corrected chi connectivity index (χ3v) is 6.42. The lowest BCUT2D eigenvalue weighted by Gasteiger charge is -2.29. The van der Waals surface area contributed by atoms with Crippen molar-refractivity contribution >= 4 is 17.5 Å². The van der Waals surface area contributed by atoms with Gasteiger partial charge in [-0.25, -0.2) is 9.97 Å². The molecule has 0 spiro atoms. The topological polar surface area (TPSA) is 88.3 Å². The first kappa shape index (κ1) is 21.6. The Hall–Kier alpha value is -3.24. The SMILES string of the molecule is O=C(c1ccc2nnc([C@H]3CCC[C@@H](Nc4ncc(C(F)(F)F)cn4)C3)n2c1)N1CCCC1. The number of hydrogen-bond donors (Lipinski definition) is 1. The fourth-order valence-electron chi connectivity index (χ4n) is 4.70. The predicted molar refractivity (Wildman–Crippen MR) is 114 cm³/mol. The third-order valence-electron chi connectivity index (χ3n) is 6.42. The zero-order valence-corrected chi connectivity index (χ0v) is 17.9. The van der Waals surface area contributed by atoms with Crippen molar-refractivity contribution in [2.75, 3.05) is 18.4 Å². The number of fused-ring (bicyclic) bond motifs is 1. The molecule has 33 heavy (non-hydrogen) atoms. The summed E-state index contributed by atoms with van der Waals surface area (Å²) in [6, 6.07) is 3.61. The number of nitrogens with zero attached hydrogens (tertiary/aromatic N) is 6. The van der Waals surface area contributed by atoms with Crippen LogP contribution in [0.15, 0.2) is 30.7 Å². The normalized spacial score (nSPS) is 21.5. The lowest BCUT2D eigenvalue weighted by atomic mass is 9.85. The highest BCUT2D eigenvalue weighted by Crippen LogP contribution is 2.34. The molecule has 3 aromatic rings.